The van der Waals surface area contributed by atoms with Crippen molar-refractivity contribution in [2.24, 2.45) is 5.73 Å². The molecule has 4 nitrogen and oxygen atoms in total. The van der Waals surface area contributed by atoms with Crippen LogP contribution in [0.1, 0.15) is 22.3 Å². The van der Waals surface area contributed by atoms with Gasteiger partial charge in [0.15, 0.2) is 0 Å². The van der Waals surface area contributed by atoms with Gasteiger partial charge in [-0.1, -0.05) is 36.4 Å². The third-order valence-electron chi connectivity index (χ3n) is 3.44. The number of halogens is 3. The van der Waals surface area contributed by atoms with Crippen LogP contribution in [0.3, 0.4) is 0 Å². The standard InChI is InChI=1S/C18H20F2N2O2.ClH/c19-18(20)24-16-9-4-8-15(12-16)17(23)22(11-5-10-21)13-14-6-2-1-3-7-14;/h1-4,6-9,12,18H,5,10-11,13,21H2;1H. The first kappa shape index (κ1) is 20.9. The first-order valence-corrected chi connectivity index (χ1v) is 7.68. The Bertz CT molecular complexity index is 657. The molecule has 136 valence electrons. The predicted octanol–water partition coefficient (Wildman–Crippen LogP) is 3.70. The van der Waals surface area contributed by atoms with Crippen LogP contribution in [0.15, 0.2) is 54.6 Å². The molecule has 0 aliphatic heterocycles. The lowest BCUT2D eigenvalue weighted by Gasteiger charge is -2.23. The van der Waals surface area contributed by atoms with Gasteiger partial charge in [-0.2, -0.15) is 8.78 Å². The number of amides is 1. The first-order valence-electron chi connectivity index (χ1n) is 7.68. The van der Waals surface area contributed by atoms with E-state index in [2.05, 4.69) is 4.74 Å². The van der Waals surface area contributed by atoms with Crippen molar-refractivity contribution in [3.8, 4) is 5.75 Å². The lowest BCUT2D eigenvalue weighted by molar-refractivity contribution is -0.0499. The third-order valence-corrected chi connectivity index (χ3v) is 3.44. The van der Waals surface area contributed by atoms with Crippen molar-refractivity contribution in [2.45, 2.75) is 19.6 Å². The van der Waals surface area contributed by atoms with E-state index in [0.29, 0.717) is 31.6 Å². The molecule has 0 spiro atoms. The molecule has 2 rings (SSSR count). The van der Waals surface area contributed by atoms with E-state index in [4.69, 9.17) is 5.73 Å². The Labute approximate surface area is 152 Å². The quantitative estimate of drug-likeness (QED) is 0.770. The van der Waals surface area contributed by atoms with Crippen molar-refractivity contribution in [2.75, 3.05) is 13.1 Å². The van der Waals surface area contributed by atoms with Crippen molar-refractivity contribution in [3.05, 3.63) is 65.7 Å². The molecule has 0 saturated heterocycles. The Morgan fingerprint density at radius 3 is 2.48 bits per heavy atom. The summed E-state index contributed by atoms with van der Waals surface area (Å²) in [5, 5.41) is 0. The van der Waals surface area contributed by atoms with Gasteiger partial charge >= 0.3 is 6.61 Å². The monoisotopic (exact) mass is 370 g/mol. The van der Waals surface area contributed by atoms with Crippen LogP contribution in [0.2, 0.25) is 0 Å². The molecule has 2 aromatic rings. The zero-order chi connectivity index (χ0) is 17.4. The second kappa shape index (κ2) is 10.6. The molecule has 0 radical (unpaired) electrons. The normalized spacial score (nSPS) is 10.2. The summed E-state index contributed by atoms with van der Waals surface area (Å²) in [5.41, 5.74) is 6.84. The number of nitrogens with two attached hydrogens (primary N) is 1. The van der Waals surface area contributed by atoms with Crippen molar-refractivity contribution >= 4 is 18.3 Å². The molecule has 7 heteroatoms. The fourth-order valence-corrected chi connectivity index (χ4v) is 2.33. The van der Waals surface area contributed by atoms with Crippen LogP contribution in [-0.2, 0) is 6.54 Å². The van der Waals surface area contributed by atoms with Gasteiger partial charge in [0.2, 0.25) is 0 Å². The van der Waals surface area contributed by atoms with Gasteiger partial charge in [-0.15, -0.1) is 12.4 Å². The van der Waals surface area contributed by atoms with Crippen LogP contribution < -0.4 is 10.5 Å². The number of carbonyl (C=O) groups is 1. The fraction of sp³-hybridized carbons (Fsp3) is 0.278. The maximum atomic E-state index is 12.7. The van der Waals surface area contributed by atoms with Gasteiger partial charge in [-0.25, -0.2) is 0 Å². The van der Waals surface area contributed by atoms with Crippen LogP contribution in [0, 0.1) is 0 Å². The number of hydrogen-bond acceptors (Lipinski definition) is 3. The van der Waals surface area contributed by atoms with Crippen molar-refractivity contribution in [3.63, 3.8) is 0 Å². The summed E-state index contributed by atoms with van der Waals surface area (Å²) in [7, 11) is 0. The second-order valence-electron chi connectivity index (χ2n) is 5.26. The molecule has 0 heterocycles. The lowest BCUT2D eigenvalue weighted by atomic mass is 10.1. The zero-order valence-electron chi connectivity index (χ0n) is 13.6. The van der Waals surface area contributed by atoms with Crippen LogP contribution >= 0.6 is 12.4 Å². The van der Waals surface area contributed by atoms with E-state index in [1.807, 2.05) is 30.3 Å². The Morgan fingerprint density at radius 1 is 1.12 bits per heavy atom. The fourth-order valence-electron chi connectivity index (χ4n) is 2.33. The molecule has 0 unspecified atom stereocenters. The Morgan fingerprint density at radius 2 is 1.84 bits per heavy atom. The van der Waals surface area contributed by atoms with E-state index in [1.165, 1.54) is 18.2 Å². The van der Waals surface area contributed by atoms with E-state index < -0.39 is 6.61 Å². The van der Waals surface area contributed by atoms with Gasteiger partial charge in [0.25, 0.3) is 5.91 Å². The van der Waals surface area contributed by atoms with Gasteiger partial charge < -0.3 is 15.4 Å². The molecule has 0 aromatic heterocycles. The number of benzene rings is 2. The number of hydrogen-bond donors (Lipinski definition) is 1. The molecule has 2 aromatic carbocycles. The van der Waals surface area contributed by atoms with Gasteiger partial charge in [0, 0.05) is 18.7 Å². The predicted molar refractivity (Wildman–Crippen MR) is 95.2 cm³/mol. The summed E-state index contributed by atoms with van der Waals surface area (Å²) in [5.74, 6) is -0.277. The van der Waals surface area contributed by atoms with Gasteiger partial charge in [-0.05, 0) is 36.7 Å². The summed E-state index contributed by atoms with van der Waals surface area (Å²) in [6.45, 7) is -1.54. The van der Waals surface area contributed by atoms with E-state index >= 15 is 0 Å². The Balaban J connectivity index is 0.00000312. The number of carbonyl (C=O) groups excluding carboxylic acids is 1. The van der Waals surface area contributed by atoms with Gasteiger partial charge in [-0.3, -0.25) is 4.79 Å². The molecule has 1 amide bonds. The maximum absolute atomic E-state index is 12.7. The smallest absolute Gasteiger partial charge is 0.387 e. The Kier molecular flexibility index (Phi) is 8.88. The molecule has 0 atom stereocenters. The minimum atomic E-state index is -2.92. The summed E-state index contributed by atoms with van der Waals surface area (Å²) < 4.78 is 29.0. The molecule has 0 fully saturated rings. The van der Waals surface area contributed by atoms with Crippen LogP contribution in [0.5, 0.6) is 5.75 Å². The molecule has 0 bridgehead atoms. The maximum Gasteiger partial charge on any atom is 0.387 e. The molecule has 0 aliphatic rings. The summed E-state index contributed by atoms with van der Waals surface area (Å²) >= 11 is 0. The molecule has 0 aliphatic carbocycles. The molecule has 25 heavy (non-hydrogen) atoms. The van der Waals surface area contributed by atoms with E-state index in [-0.39, 0.29) is 24.1 Å². The SMILES string of the molecule is Cl.NCCCN(Cc1ccccc1)C(=O)c1cccc(OC(F)F)c1. The highest BCUT2D eigenvalue weighted by atomic mass is 35.5. The Hall–Kier alpha value is -2.18. The average Bonchev–Trinajstić information content (AvgIpc) is 2.58. The zero-order valence-corrected chi connectivity index (χ0v) is 14.4. The molecular formula is C18H21ClF2N2O2. The highest BCUT2D eigenvalue weighted by Gasteiger charge is 2.17. The minimum Gasteiger partial charge on any atom is -0.435 e. The molecule has 0 saturated carbocycles. The topological polar surface area (TPSA) is 55.6 Å². The lowest BCUT2D eigenvalue weighted by Crippen LogP contribution is -2.32. The highest BCUT2D eigenvalue weighted by molar-refractivity contribution is 5.94. The van der Waals surface area contributed by atoms with Gasteiger partial charge in [0.05, 0.1) is 0 Å². The van der Waals surface area contributed by atoms with Crippen molar-refractivity contribution < 1.29 is 18.3 Å². The van der Waals surface area contributed by atoms with Crippen LogP contribution in [0.25, 0.3) is 0 Å². The highest BCUT2D eigenvalue weighted by Crippen LogP contribution is 2.18. The summed E-state index contributed by atoms with van der Waals surface area (Å²) in [4.78, 5) is 14.4. The molecular weight excluding hydrogens is 350 g/mol. The minimum absolute atomic E-state index is 0. The average molecular weight is 371 g/mol. The number of ether oxygens (including phenoxy) is 1. The first-order chi connectivity index (χ1) is 11.6. The number of nitrogens with zero attached hydrogens (tertiary/aromatic N) is 1. The van der Waals surface area contributed by atoms with E-state index in [1.54, 1.807) is 11.0 Å². The molecule has 2 N–H and O–H groups in total. The van der Waals surface area contributed by atoms with Crippen LogP contribution in [0.4, 0.5) is 8.78 Å². The number of rotatable bonds is 8. The van der Waals surface area contributed by atoms with Crippen LogP contribution in [-0.4, -0.2) is 30.5 Å². The van der Waals surface area contributed by atoms with E-state index in [9.17, 15) is 13.6 Å². The second-order valence-corrected chi connectivity index (χ2v) is 5.26. The van der Waals surface area contributed by atoms with Crippen molar-refractivity contribution in [1.29, 1.82) is 0 Å². The summed E-state index contributed by atoms with van der Waals surface area (Å²) in [6, 6.07) is 15.4. The number of alkyl halides is 2. The van der Waals surface area contributed by atoms with Crippen molar-refractivity contribution in [1.82, 2.24) is 4.90 Å². The van der Waals surface area contributed by atoms with Gasteiger partial charge in [0.1, 0.15) is 5.75 Å². The third kappa shape index (κ3) is 6.68. The summed E-state index contributed by atoms with van der Waals surface area (Å²) in [6.07, 6.45) is 0.659. The van der Waals surface area contributed by atoms with E-state index in [0.717, 1.165) is 5.56 Å². The largest absolute Gasteiger partial charge is 0.435 e.